The van der Waals surface area contributed by atoms with Gasteiger partial charge >= 0.3 is 0 Å². The first-order valence-corrected chi connectivity index (χ1v) is 9.45. The third-order valence-electron chi connectivity index (χ3n) is 5.59. The summed E-state index contributed by atoms with van der Waals surface area (Å²) in [4.78, 5) is 25.5. The molecule has 0 spiro atoms. The zero-order valence-electron chi connectivity index (χ0n) is 15.3. The van der Waals surface area contributed by atoms with E-state index in [9.17, 15) is 4.79 Å². The van der Waals surface area contributed by atoms with E-state index in [0.29, 0.717) is 11.9 Å². The smallest absolute Gasteiger partial charge is 0.225 e. The first kappa shape index (κ1) is 17.9. The maximum Gasteiger partial charge on any atom is 0.225 e. The third-order valence-corrected chi connectivity index (χ3v) is 5.59. The van der Waals surface area contributed by atoms with Crippen molar-refractivity contribution in [1.82, 2.24) is 14.9 Å². The van der Waals surface area contributed by atoms with Crippen molar-refractivity contribution in [3.05, 3.63) is 11.8 Å². The number of hydrogen-bond donors (Lipinski definition) is 2. The Morgan fingerprint density at radius 2 is 1.88 bits per heavy atom. The van der Waals surface area contributed by atoms with Crippen LogP contribution in [0.5, 0.6) is 0 Å². The molecule has 0 unspecified atom stereocenters. The zero-order valence-corrected chi connectivity index (χ0v) is 15.3. The zero-order chi connectivity index (χ0) is 18.0. The van der Waals surface area contributed by atoms with E-state index in [2.05, 4.69) is 20.9 Å². The van der Waals surface area contributed by atoms with Gasteiger partial charge in [-0.3, -0.25) is 4.79 Å². The van der Waals surface area contributed by atoms with Gasteiger partial charge in [-0.2, -0.15) is 4.98 Å². The van der Waals surface area contributed by atoms with Crippen molar-refractivity contribution in [3.63, 3.8) is 0 Å². The summed E-state index contributed by atoms with van der Waals surface area (Å²) in [5.41, 5.74) is 12.8. The molecule has 7 heteroatoms. The van der Waals surface area contributed by atoms with E-state index in [0.717, 1.165) is 63.4 Å². The molecule has 0 aromatic carbocycles. The van der Waals surface area contributed by atoms with Gasteiger partial charge in [0.1, 0.15) is 5.82 Å². The molecule has 3 rings (SSSR count). The first-order chi connectivity index (χ1) is 12.0. The molecule has 25 heavy (non-hydrogen) atoms. The number of rotatable bonds is 5. The molecule has 1 saturated carbocycles. The van der Waals surface area contributed by atoms with Gasteiger partial charge in [0.15, 0.2) is 0 Å². The quantitative estimate of drug-likeness (QED) is 0.834. The number of carbonyl (C=O) groups is 1. The molecule has 1 aliphatic heterocycles. The van der Waals surface area contributed by atoms with Crippen molar-refractivity contribution in [1.29, 1.82) is 0 Å². The van der Waals surface area contributed by atoms with E-state index in [1.54, 1.807) is 0 Å². The molecule has 1 aliphatic carbocycles. The number of carbonyl (C=O) groups excluding carboxylic acids is 1. The second-order valence-electron chi connectivity index (χ2n) is 7.21. The monoisotopic (exact) mass is 346 g/mol. The predicted molar refractivity (Wildman–Crippen MR) is 99.3 cm³/mol. The highest BCUT2D eigenvalue weighted by molar-refractivity contribution is 5.79. The average molecular weight is 346 g/mol. The SMILES string of the molecule is CCN(CC)C(=O)C1CCN(c2cc(C3CC(N)C3)nc(N)n2)CC1. The van der Waals surface area contributed by atoms with Gasteiger partial charge in [0, 0.05) is 50.1 Å². The van der Waals surface area contributed by atoms with Crippen molar-refractivity contribution in [3.8, 4) is 0 Å². The molecule has 7 nitrogen and oxygen atoms in total. The minimum absolute atomic E-state index is 0.124. The molecule has 1 aromatic heterocycles. The molecule has 2 heterocycles. The van der Waals surface area contributed by atoms with E-state index in [1.807, 2.05) is 18.7 Å². The maximum absolute atomic E-state index is 12.5. The largest absolute Gasteiger partial charge is 0.368 e. The Morgan fingerprint density at radius 1 is 1.24 bits per heavy atom. The fourth-order valence-corrected chi connectivity index (χ4v) is 3.89. The highest BCUT2D eigenvalue weighted by Gasteiger charge is 2.31. The fraction of sp³-hybridized carbons (Fsp3) is 0.722. The third kappa shape index (κ3) is 3.86. The van der Waals surface area contributed by atoms with Crippen LogP contribution in [0.1, 0.15) is 51.1 Å². The lowest BCUT2D eigenvalue weighted by Gasteiger charge is -2.35. The van der Waals surface area contributed by atoms with Gasteiger partial charge in [-0.25, -0.2) is 4.98 Å². The van der Waals surface area contributed by atoms with Crippen LogP contribution >= 0.6 is 0 Å². The molecule has 0 radical (unpaired) electrons. The summed E-state index contributed by atoms with van der Waals surface area (Å²) in [5, 5.41) is 0. The van der Waals surface area contributed by atoms with E-state index in [1.165, 1.54) is 0 Å². The molecule has 1 amide bonds. The fourth-order valence-electron chi connectivity index (χ4n) is 3.89. The molecule has 2 aliphatic rings. The number of nitrogen functional groups attached to an aromatic ring is 1. The summed E-state index contributed by atoms with van der Waals surface area (Å²) in [5.74, 6) is 2.03. The van der Waals surface area contributed by atoms with E-state index >= 15 is 0 Å². The van der Waals surface area contributed by atoms with Crippen LogP contribution in [0.15, 0.2) is 6.07 Å². The molecule has 2 fully saturated rings. The molecule has 1 aromatic rings. The minimum atomic E-state index is 0.124. The minimum Gasteiger partial charge on any atom is -0.368 e. The number of aromatic nitrogens is 2. The molecule has 138 valence electrons. The molecule has 1 saturated heterocycles. The summed E-state index contributed by atoms with van der Waals surface area (Å²) >= 11 is 0. The number of piperidine rings is 1. The number of amides is 1. The molecular formula is C18H30N6O. The van der Waals surface area contributed by atoms with Crippen LogP contribution in [0.3, 0.4) is 0 Å². The summed E-state index contributed by atoms with van der Waals surface area (Å²) in [6.45, 7) is 7.30. The number of anilines is 2. The van der Waals surface area contributed by atoms with Crippen molar-refractivity contribution in [2.75, 3.05) is 36.8 Å². The summed E-state index contributed by atoms with van der Waals surface area (Å²) in [7, 11) is 0. The van der Waals surface area contributed by atoms with Crippen LogP contribution in [-0.2, 0) is 4.79 Å². The number of nitrogens with two attached hydrogens (primary N) is 2. The van der Waals surface area contributed by atoms with Gasteiger partial charge in [0.25, 0.3) is 0 Å². The first-order valence-electron chi connectivity index (χ1n) is 9.45. The van der Waals surface area contributed by atoms with Gasteiger partial charge in [-0.1, -0.05) is 0 Å². The van der Waals surface area contributed by atoms with Crippen LogP contribution in [0.4, 0.5) is 11.8 Å². The second kappa shape index (κ2) is 7.56. The van der Waals surface area contributed by atoms with Crippen molar-refractivity contribution in [2.45, 2.75) is 51.5 Å². The lowest BCUT2D eigenvalue weighted by atomic mass is 9.78. The Kier molecular flexibility index (Phi) is 5.42. The number of hydrogen-bond acceptors (Lipinski definition) is 6. The van der Waals surface area contributed by atoms with Gasteiger partial charge in [0.2, 0.25) is 11.9 Å². The summed E-state index contributed by atoms with van der Waals surface area (Å²) < 4.78 is 0. The second-order valence-corrected chi connectivity index (χ2v) is 7.21. The lowest BCUT2D eigenvalue weighted by molar-refractivity contribution is -0.135. The lowest BCUT2D eigenvalue weighted by Crippen LogP contribution is -2.43. The van der Waals surface area contributed by atoms with Gasteiger partial charge in [0.05, 0.1) is 5.69 Å². The highest BCUT2D eigenvalue weighted by atomic mass is 16.2. The van der Waals surface area contributed by atoms with Gasteiger partial charge in [-0.05, 0) is 39.5 Å². The van der Waals surface area contributed by atoms with Gasteiger partial charge in [-0.15, -0.1) is 0 Å². The van der Waals surface area contributed by atoms with Crippen molar-refractivity contribution in [2.24, 2.45) is 11.7 Å². The van der Waals surface area contributed by atoms with Crippen LogP contribution in [0.25, 0.3) is 0 Å². The van der Waals surface area contributed by atoms with Crippen LogP contribution in [-0.4, -0.2) is 53.0 Å². The Hall–Kier alpha value is -1.89. The highest BCUT2D eigenvalue weighted by Crippen LogP contribution is 2.36. The topological polar surface area (TPSA) is 101 Å². The van der Waals surface area contributed by atoms with Crippen molar-refractivity contribution >= 4 is 17.7 Å². The Balaban J connectivity index is 1.64. The van der Waals surface area contributed by atoms with Gasteiger partial charge < -0.3 is 21.3 Å². The van der Waals surface area contributed by atoms with Crippen LogP contribution in [0.2, 0.25) is 0 Å². The Bertz CT molecular complexity index is 604. The maximum atomic E-state index is 12.5. The van der Waals surface area contributed by atoms with Crippen LogP contribution < -0.4 is 16.4 Å². The van der Waals surface area contributed by atoms with E-state index < -0.39 is 0 Å². The van der Waals surface area contributed by atoms with E-state index in [-0.39, 0.29) is 17.9 Å². The summed E-state index contributed by atoms with van der Waals surface area (Å²) in [6.07, 6.45) is 3.67. The summed E-state index contributed by atoms with van der Waals surface area (Å²) in [6, 6.07) is 2.34. The molecular weight excluding hydrogens is 316 g/mol. The molecule has 4 N–H and O–H groups in total. The van der Waals surface area contributed by atoms with Crippen molar-refractivity contribution < 1.29 is 4.79 Å². The van der Waals surface area contributed by atoms with Crippen LogP contribution in [0, 0.1) is 5.92 Å². The Morgan fingerprint density at radius 3 is 2.44 bits per heavy atom. The average Bonchev–Trinajstić information content (AvgIpc) is 2.59. The number of nitrogens with zero attached hydrogens (tertiary/aromatic N) is 4. The Labute approximate surface area is 149 Å². The molecule has 0 atom stereocenters. The normalized spacial score (nSPS) is 24.0. The van der Waals surface area contributed by atoms with E-state index in [4.69, 9.17) is 11.5 Å². The predicted octanol–water partition coefficient (Wildman–Crippen LogP) is 1.35. The standard InChI is InChI=1S/C18H30N6O/c1-3-23(4-2)17(25)12-5-7-24(8-6-12)16-11-15(21-18(20)22-16)13-9-14(19)10-13/h11-14H,3-10,19H2,1-2H3,(H2,20,21,22). The molecule has 0 bridgehead atoms.